The Kier molecular flexibility index (Phi) is 3.38. The molecule has 2 amide bonds. The van der Waals surface area contributed by atoms with Gasteiger partial charge in [-0.1, -0.05) is 6.42 Å². The molecule has 0 N–H and O–H groups in total. The number of fused-ring (bicyclic) bond motifs is 1. The second-order valence-electron chi connectivity index (χ2n) is 5.32. The molecule has 92 valence electrons. The first-order valence-electron chi connectivity index (χ1n) is 6.31. The van der Waals surface area contributed by atoms with E-state index >= 15 is 0 Å². The summed E-state index contributed by atoms with van der Waals surface area (Å²) in [4.78, 5) is 18.3. The second-order valence-corrected chi connectivity index (χ2v) is 5.32. The number of amides is 2. The molecule has 0 aromatic carbocycles. The number of nitrogens with zero attached hydrogens (tertiary/aromatic N) is 3. The van der Waals surface area contributed by atoms with E-state index in [2.05, 4.69) is 11.8 Å². The van der Waals surface area contributed by atoms with Gasteiger partial charge in [-0.05, 0) is 26.3 Å². The molecule has 4 heteroatoms. The molecule has 2 rings (SSSR count). The monoisotopic (exact) mass is 225 g/mol. The van der Waals surface area contributed by atoms with E-state index in [0.717, 1.165) is 13.1 Å². The highest BCUT2D eigenvalue weighted by Gasteiger charge is 2.35. The quantitative estimate of drug-likeness (QED) is 0.620. The molecule has 2 aliphatic heterocycles. The summed E-state index contributed by atoms with van der Waals surface area (Å²) >= 11 is 0. The minimum absolute atomic E-state index is 0.165. The molecule has 0 bridgehead atoms. The summed E-state index contributed by atoms with van der Waals surface area (Å²) in [5.74, 6) is 0. The maximum Gasteiger partial charge on any atom is 0.319 e. The zero-order valence-corrected chi connectivity index (χ0v) is 10.6. The van der Waals surface area contributed by atoms with Gasteiger partial charge in [0.1, 0.15) is 0 Å². The van der Waals surface area contributed by atoms with Gasteiger partial charge in [-0.3, -0.25) is 4.90 Å². The van der Waals surface area contributed by atoms with Crippen LogP contribution in [0, 0.1) is 0 Å². The summed E-state index contributed by atoms with van der Waals surface area (Å²) in [5, 5.41) is 0. The highest BCUT2D eigenvalue weighted by molar-refractivity contribution is 5.74. The van der Waals surface area contributed by atoms with Crippen LogP contribution < -0.4 is 0 Å². The van der Waals surface area contributed by atoms with Crippen LogP contribution in [0.2, 0.25) is 0 Å². The molecule has 0 aromatic heterocycles. The van der Waals surface area contributed by atoms with Crippen molar-refractivity contribution >= 4 is 6.03 Å². The van der Waals surface area contributed by atoms with Gasteiger partial charge < -0.3 is 9.80 Å². The average molecular weight is 225 g/mol. The number of hydrogen-bond acceptors (Lipinski definition) is 2. The zero-order valence-electron chi connectivity index (χ0n) is 10.6. The Morgan fingerprint density at radius 2 is 2.00 bits per heavy atom. The molecule has 2 heterocycles. The molecule has 0 radical (unpaired) electrons. The Bertz CT molecular complexity index is 267. The van der Waals surface area contributed by atoms with Crippen molar-refractivity contribution in [2.24, 2.45) is 0 Å². The summed E-state index contributed by atoms with van der Waals surface area (Å²) in [5.41, 5.74) is 0. The van der Waals surface area contributed by atoms with Gasteiger partial charge in [0.15, 0.2) is 0 Å². The number of carbonyl (C=O) groups is 1. The van der Waals surface area contributed by atoms with Gasteiger partial charge in [-0.25, -0.2) is 4.79 Å². The lowest BCUT2D eigenvalue weighted by Gasteiger charge is -2.47. The third kappa shape index (κ3) is 2.17. The van der Waals surface area contributed by atoms with Gasteiger partial charge in [-0.15, -0.1) is 0 Å². The van der Waals surface area contributed by atoms with Crippen molar-refractivity contribution in [1.82, 2.24) is 14.7 Å². The van der Waals surface area contributed by atoms with E-state index < -0.39 is 0 Å². The fourth-order valence-electron chi connectivity index (χ4n) is 2.88. The van der Waals surface area contributed by atoms with E-state index in [4.69, 9.17) is 0 Å². The van der Waals surface area contributed by atoms with Gasteiger partial charge in [-0.2, -0.15) is 0 Å². The van der Waals surface area contributed by atoms with Crippen molar-refractivity contribution in [3.8, 4) is 0 Å². The van der Waals surface area contributed by atoms with E-state index in [-0.39, 0.29) is 6.03 Å². The first kappa shape index (κ1) is 11.7. The van der Waals surface area contributed by atoms with Crippen molar-refractivity contribution in [3.05, 3.63) is 0 Å². The first-order chi connectivity index (χ1) is 7.59. The van der Waals surface area contributed by atoms with Crippen LogP contribution in [0.5, 0.6) is 0 Å². The molecule has 4 nitrogen and oxygen atoms in total. The molecule has 0 aromatic rings. The largest absolute Gasteiger partial charge is 0.331 e. The van der Waals surface area contributed by atoms with E-state index in [9.17, 15) is 4.79 Å². The fraction of sp³-hybridized carbons (Fsp3) is 0.917. The predicted molar refractivity (Wildman–Crippen MR) is 64.5 cm³/mol. The van der Waals surface area contributed by atoms with Gasteiger partial charge in [0.2, 0.25) is 0 Å². The van der Waals surface area contributed by atoms with Crippen molar-refractivity contribution in [1.29, 1.82) is 0 Å². The van der Waals surface area contributed by atoms with Crippen LogP contribution in [0.1, 0.15) is 26.2 Å². The van der Waals surface area contributed by atoms with Crippen LogP contribution >= 0.6 is 0 Å². The average Bonchev–Trinajstić information content (AvgIpc) is 2.27. The minimum atomic E-state index is 0.165. The normalized spacial score (nSPS) is 31.1. The SMILES string of the molecule is CC1CN2CCCCC2CN1C(=O)N(C)C. The molecule has 2 unspecified atom stereocenters. The molecule has 0 spiro atoms. The molecular formula is C12H23N3O. The minimum Gasteiger partial charge on any atom is -0.331 e. The molecule has 16 heavy (non-hydrogen) atoms. The molecule has 2 fully saturated rings. The molecule has 2 aliphatic rings. The van der Waals surface area contributed by atoms with Crippen LogP contribution in [0.3, 0.4) is 0 Å². The van der Waals surface area contributed by atoms with Crippen molar-refractivity contribution in [3.63, 3.8) is 0 Å². The Morgan fingerprint density at radius 1 is 1.25 bits per heavy atom. The van der Waals surface area contributed by atoms with Crippen LogP contribution in [0.4, 0.5) is 4.79 Å². The van der Waals surface area contributed by atoms with Gasteiger partial charge in [0.25, 0.3) is 0 Å². The Morgan fingerprint density at radius 3 is 2.69 bits per heavy atom. The molecule has 0 saturated carbocycles. The number of piperidine rings is 1. The first-order valence-corrected chi connectivity index (χ1v) is 6.31. The summed E-state index contributed by atoms with van der Waals surface area (Å²) in [6, 6.07) is 1.12. The molecule has 0 aliphatic carbocycles. The lowest BCUT2D eigenvalue weighted by atomic mass is 9.97. The molecule has 2 saturated heterocycles. The van der Waals surface area contributed by atoms with Gasteiger partial charge in [0, 0.05) is 39.3 Å². The third-order valence-corrected chi connectivity index (χ3v) is 3.82. The van der Waals surface area contributed by atoms with E-state index in [1.165, 1.54) is 25.8 Å². The van der Waals surface area contributed by atoms with E-state index in [1.807, 2.05) is 19.0 Å². The van der Waals surface area contributed by atoms with Crippen LogP contribution in [-0.4, -0.2) is 66.5 Å². The topological polar surface area (TPSA) is 26.8 Å². The van der Waals surface area contributed by atoms with Crippen LogP contribution in [0.25, 0.3) is 0 Å². The maximum absolute atomic E-state index is 12.0. The molecular weight excluding hydrogens is 202 g/mol. The Balaban J connectivity index is 2.03. The summed E-state index contributed by atoms with van der Waals surface area (Å²) < 4.78 is 0. The summed E-state index contributed by atoms with van der Waals surface area (Å²) in [6.07, 6.45) is 3.90. The number of carbonyl (C=O) groups excluding carboxylic acids is 1. The Labute approximate surface area is 98.2 Å². The van der Waals surface area contributed by atoms with E-state index in [0.29, 0.717) is 12.1 Å². The smallest absolute Gasteiger partial charge is 0.319 e. The van der Waals surface area contributed by atoms with Crippen molar-refractivity contribution in [2.75, 3.05) is 33.7 Å². The highest BCUT2D eigenvalue weighted by Crippen LogP contribution is 2.24. The highest BCUT2D eigenvalue weighted by atomic mass is 16.2. The summed E-state index contributed by atoms with van der Waals surface area (Å²) in [6.45, 7) is 5.34. The van der Waals surface area contributed by atoms with Crippen molar-refractivity contribution in [2.45, 2.75) is 38.3 Å². The zero-order chi connectivity index (χ0) is 11.7. The molecule has 2 atom stereocenters. The predicted octanol–water partition coefficient (Wildman–Crippen LogP) is 1.23. The lowest BCUT2D eigenvalue weighted by molar-refractivity contribution is 0.0282. The number of hydrogen-bond donors (Lipinski definition) is 0. The summed E-state index contributed by atoms with van der Waals surface area (Å²) in [7, 11) is 3.67. The standard InChI is InChI=1S/C12H23N3O/c1-10-8-14-7-5-4-6-11(14)9-15(10)12(16)13(2)3/h10-11H,4-9H2,1-3H3. The number of rotatable bonds is 0. The van der Waals surface area contributed by atoms with Gasteiger partial charge >= 0.3 is 6.03 Å². The van der Waals surface area contributed by atoms with Crippen LogP contribution in [-0.2, 0) is 0 Å². The second kappa shape index (κ2) is 4.62. The van der Waals surface area contributed by atoms with Crippen LogP contribution in [0.15, 0.2) is 0 Å². The third-order valence-electron chi connectivity index (χ3n) is 3.82. The van der Waals surface area contributed by atoms with E-state index in [1.54, 1.807) is 4.90 Å². The Hall–Kier alpha value is -0.770. The van der Waals surface area contributed by atoms with Gasteiger partial charge in [0.05, 0.1) is 0 Å². The lowest BCUT2D eigenvalue weighted by Crippen LogP contribution is -2.61. The maximum atomic E-state index is 12.0. The fourth-order valence-corrected chi connectivity index (χ4v) is 2.88. The van der Waals surface area contributed by atoms with Crippen molar-refractivity contribution < 1.29 is 4.79 Å². The number of piperazine rings is 1. The number of urea groups is 1.